The lowest BCUT2D eigenvalue weighted by molar-refractivity contribution is 0.156. The van der Waals surface area contributed by atoms with Gasteiger partial charge in [0.1, 0.15) is 0 Å². The average Bonchev–Trinajstić information content (AvgIpc) is 1.68. The number of hydrogen-bond acceptors (Lipinski definition) is 1. The number of methoxy groups -OCH3 is 1. The van der Waals surface area contributed by atoms with Gasteiger partial charge in [0.05, 0.1) is 6.10 Å². The van der Waals surface area contributed by atoms with E-state index in [1.807, 2.05) is 26.0 Å². The number of allylic oxidation sites excluding steroid dienone is 1. The van der Waals surface area contributed by atoms with Gasteiger partial charge in [-0.05, 0) is 13.8 Å². The van der Waals surface area contributed by atoms with Crippen molar-refractivity contribution >= 4 is 0 Å². The van der Waals surface area contributed by atoms with Crippen molar-refractivity contribution in [1.29, 1.82) is 0 Å². The van der Waals surface area contributed by atoms with Crippen LogP contribution in [0.25, 0.3) is 0 Å². The van der Waals surface area contributed by atoms with Gasteiger partial charge in [-0.15, -0.1) is 0 Å². The van der Waals surface area contributed by atoms with Crippen molar-refractivity contribution in [3.63, 3.8) is 0 Å². The van der Waals surface area contributed by atoms with Gasteiger partial charge < -0.3 is 4.74 Å². The van der Waals surface area contributed by atoms with Crippen LogP contribution < -0.4 is 0 Å². The zero-order valence-electron chi connectivity index (χ0n) is 5.14. The highest BCUT2D eigenvalue weighted by Crippen LogP contribution is 1.86. The molecule has 0 rings (SSSR count). The summed E-state index contributed by atoms with van der Waals surface area (Å²) in [6.07, 6.45) is 4.25. The summed E-state index contributed by atoms with van der Waals surface area (Å²) < 4.78 is 4.90. The van der Waals surface area contributed by atoms with E-state index < -0.39 is 0 Å². The van der Waals surface area contributed by atoms with Crippen LogP contribution in [0.15, 0.2) is 12.2 Å². The third kappa shape index (κ3) is 3.53. The van der Waals surface area contributed by atoms with Gasteiger partial charge in [0.2, 0.25) is 0 Å². The molecular formula is C6H12O. The van der Waals surface area contributed by atoms with Crippen molar-refractivity contribution in [3.8, 4) is 0 Å². The van der Waals surface area contributed by atoms with Crippen LogP contribution in [0.3, 0.4) is 0 Å². The van der Waals surface area contributed by atoms with Crippen molar-refractivity contribution < 1.29 is 4.74 Å². The third-order valence-electron chi connectivity index (χ3n) is 0.835. The van der Waals surface area contributed by atoms with Crippen LogP contribution in [0.4, 0.5) is 0 Å². The van der Waals surface area contributed by atoms with E-state index in [2.05, 4.69) is 0 Å². The first-order valence-corrected chi connectivity index (χ1v) is 2.47. The fourth-order valence-corrected chi connectivity index (χ4v) is 0.350. The summed E-state index contributed by atoms with van der Waals surface area (Å²) in [5, 5.41) is 0. The van der Waals surface area contributed by atoms with Crippen LogP contribution >= 0.6 is 0 Å². The molecule has 0 spiro atoms. The summed E-state index contributed by atoms with van der Waals surface area (Å²) >= 11 is 0. The molecule has 0 saturated carbocycles. The Morgan fingerprint density at radius 2 is 2.14 bits per heavy atom. The van der Waals surface area contributed by atoms with E-state index in [1.54, 1.807) is 7.11 Å². The Labute approximate surface area is 45.0 Å². The zero-order chi connectivity index (χ0) is 5.70. The molecule has 1 nitrogen and oxygen atoms in total. The van der Waals surface area contributed by atoms with E-state index in [4.69, 9.17) is 4.74 Å². The molecule has 0 radical (unpaired) electrons. The van der Waals surface area contributed by atoms with Gasteiger partial charge in [-0.1, -0.05) is 12.2 Å². The van der Waals surface area contributed by atoms with Crippen molar-refractivity contribution in [2.24, 2.45) is 0 Å². The molecule has 0 unspecified atom stereocenters. The third-order valence-corrected chi connectivity index (χ3v) is 0.835. The molecule has 0 aromatic rings. The van der Waals surface area contributed by atoms with Crippen LogP contribution in [-0.4, -0.2) is 13.2 Å². The minimum atomic E-state index is 0.269. The van der Waals surface area contributed by atoms with Gasteiger partial charge in [0.15, 0.2) is 0 Å². The lowest BCUT2D eigenvalue weighted by atomic mass is 10.4. The predicted molar refractivity (Wildman–Crippen MR) is 31.3 cm³/mol. The van der Waals surface area contributed by atoms with Gasteiger partial charge >= 0.3 is 0 Å². The molecule has 0 aromatic carbocycles. The van der Waals surface area contributed by atoms with Crippen molar-refractivity contribution in [1.82, 2.24) is 0 Å². The SMILES string of the molecule is C/C=C\[C@@H](C)OC. The van der Waals surface area contributed by atoms with Crippen LogP contribution in [0.5, 0.6) is 0 Å². The topological polar surface area (TPSA) is 9.23 Å². The molecule has 0 saturated heterocycles. The maximum absolute atomic E-state index is 4.90. The standard InChI is InChI=1S/C6H12O/c1-4-5-6(2)7-3/h4-6H,1-3H3/b5-4-/t6-/m1/s1. The lowest BCUT2D eigenvalue weighted by Gasteiger charge is -1.98. The first kappa shape index (κ1) is 6.70. The minimum Gasteiger partial charge on any atom is -0.378 e. The molecule has 7 heavy (non-hydrogen) atoms. The Bertz CT molecular complexity index is 57.2. The molecule has 1 atom stereocenters. The average molecular weight is 100 g/mol. The smallest absolute Gasteiger partial charge is 0.0723 e. The summed E-state index contributed by atoms with van der Waals surface area (Å²) in [6.45, 7) is 3.98. The second-order valence-corrected chi connectivity index (χ2v) is 1.47. The van der Waals surface area contributed by atoms with Gasteiger partial charge in [0, 0.05) is 7.11 Å². The highest BCUT2D eigenvalue weighted by molar-refractivity contribution is 4.82. The second-order valence-electron chi connectivity index (χ2n) is 1.47. The number of rotatable bonds is 2. The minimum absolute atomic E-state index is 0.269. The highest BCUT2D eigenvalue weighted by atomic mass is 16.5. The fourth-order valence-electron chi connectivity index (χ4n) is 0.350. The maximum atomic E-state index is 4.90. The van der Waals surface area contributed by atoms with Gasteiger partial charge in [-0.3, -0.25) is 0 Å². The molecule has 1 heteroatoms. The first-order chi connectivity index (χ1) is 3.31. The van der Waals surface area contributed by atoms with E-state index in [0.29, 0.717) is 0 Å². The van der Waals surface area contributed by atoms with E-state index in [-0.39, 0.29) is 6.10 Å². The van der Waals surface area contributed by atoms with Crippen LogP contribution in [0.2, 0.25) is 0 Å². The van der Waals surface area contributed by atoms with Gasteiger partial charge in [-0.25, -0.2) is 0 Å². The molecule has 42 valence electrons. The molecule has 0 fully saturated rings. The predicted octanol–water partition coefficient (Wildman–Crippen LogP) is 1.60. The van der Waals surface area contributed by atoms with Crippen molar-refractivity contribution in [2.75, 3.05) is 7.11 Å². The first-order valence-electron chi connectivity index (χ1n) is 2.47. The normalized spacial score (nSPS) is 15.3. The molecule has 0 amide bonds. The van der Waals surface area contributed by atoms with Crippen LogP contribution in [0, 0.1) is 0 Å². The lowest BCUT2D eigenvalue weighted by Crippen LogP contribution is -1.97. The summed E-state index contributed by atoms with van der Waals surface area (Å²) in [5.41, 5.74) is 0. The summed E-state index contributed by atoms with van der Waals surface area (Å²) in [4.78, 5) is 0. The Morgan fingerprint density at radius 1 is 1.57 bits per heavy atom. The fraction of sp³-hybridized carbons (Fsp3) is 0.667. The van der Waals surface area contributed by atoms with E-state index in [9.17, 15) is 0 Å². The number of ether oxygens (including phenoxy) is 1. The molecule has 0 N–H and O–H groups in total. The van der Waals surface area contributed by atoms with Crippen LogP contribution in [-0.2, 0) is 4.74 Å². The quantitative estimate of drug-likeness (QED) is 0.479. The molecule has 0 heterocycles. The van der Waals surface area contributed by atoms with Gasteiger partial charge in [0.25, 0.3) is 0 Å². The Morgan fingerprint density at radius 3 is 2.29 bits per heavy atom. The summed E-state index contributed by atoms with van der Waals surface area (Å²) in [5.74, 6) is 0. The Hall–Kier alpha value is -0.300. The zero-order valence-corrected chi connectivity index (χ0v) is 5.14. The largest absolute Gasteiger partial charge is 0.378 e. The monoisotopic (exact) mass is 100 g/mol. The summed E-state index contributed by atoms with van der Waals surface area (Å²) in [7, 11) is 1.70. The van der Waals surface area contributed by atoms with Crippen LogP contribution in [0.1, 0.15) is 13.8 Å². The summed E-state index contributed by atoms with van der Waals surface area (Å²) in [6, 6.07) is 0. The highest BCUT2D eigenvalue weighted by Gasteiger charge is 1.85. The van der Waals surface area contributed by atoms with E-state index in [1.165, 1.54) is 0 Å². The van der Waals surface area contributed by atoms with Crippen molar-refractivity contribution in [3.05, 3.63) is 12.2 Å². The molecule has 0 aliphatic carbocycles. The Balaban J connectivity index is 3.16. The molecule has 0 aromatic heterocycles. The van der Waals surface area contributed by atoms with E-state index in [0.717, 1.165) is 0 Å². The maximum Gasteiger partial charge on any atom is 0.0723 e. The molecular weight excluding hydrogens is 88.1 g/mol. The Kier molecular flexibility index (Phi) is 3.71. The second kappa shape index (κ2) is 3.88. The molecule has 0 aliphatic heterocycles. The molecule has 0 bridgehead atoms. The van der Waals surface area contributed by atoms with Gasteiger partial charge in [-0.2, -0.15) is 0 Å². The van der Waals surface area contributed by atoms with Crippen molar-refractivity contribution in [2.45, 2.75) is 20.0 Å². The van der Waals surface area contributed by atoms with E-state index >= 15 is 0 Å². The number of hydrogen-bond donors (Lipinski definition) is 0. The molecule has 0 aliphatic rings.